The lowest BCUT2D eigenvalue weighted by Gasteiger charge is -2.33. The summed E-state index contributed by atoms with van der Waals surface area (Å²) in [4.78, 5) is 26.9. The van der Waals surface area contributed by atoms with Crippen LogP contribution in [-0.2, 0) is 18.7 Å². The van der Waals surface area contributed by atoms with Crippen molar-refractivity contribution in [2.24, 2.45) is 0 Å². The second-order valence-corrected chi connectivity index (χ2v) is 9.94. The summed E-state index contributed by atoms with van der Waals surface area (Å²) in [5.74, 6) is 3.11. The van der Waals surface area contributed by atoms with Crippen LogP contribution in [0.4, 0.5) is 5.82 Å². The number of piperazine rings is 1. The summed E-state index contributed by atoms with van der Waals surface area (Å²) in [5.41, 5.74) is 3.78. The molecule has 36 heavy (non-hydrogen) atoms. The Morgan fingerprint density at radius 3 is 2.50 bits per heavy atom. The standard InChI is InChI=1S/C27H31N5O3S/c1-3-22-15-25(32-12-10-31(2)11-13-32)30-27(29-22)36-17-19-4-7-21(8-5-19)26(33)28-16-20-6-9-23-24(14-20)35-18-34-23/h4-9,14-15H,3,10-13,16-18H2,1-2H3,(H,28,33). The zero-order valence-electron chi connectivity index (χ0n) is 20.7. The van der Waals surface area contributed by atoms with Crippen molar-refractivity contribution in [1.29, 1.82) is 0 Å². The van der Waals surface area contributed by atoms with Gasteiger partial charge in [0.2, 0.25) is 6.79 Å². The Hall–Kier alpha value is -3.30. The highest BCUT2D eigenvalue weighted by molar-refractivity contribution is 7.98. The number of hydrogen-bond donors (Lipinski definition) is 1. The van der Waals surface area contributed by atoms with Crippen molar-refractivity contribution in [1.82, 2.24) is 20.2 Å². The highest BCUT2D eigenvalue weighted by Gasteiger charge is 2.17. The lowest BCUT2D eigenvalue weighted by Crippen LogP contribution is -2.44. The molecule has 2 aliphatic heterocycles. The van der Waals surface area contributed by atoms with E-state index >= 15 is 0 Å². The van der Waals surface area contributed by atoms with Crippen molar-refractivity contribution in [2.75, 3.05) is 44.9 Å². The van der Waals surface area contributed by atoms with Crippen LogP contribution in [0.1, 0.15) is 34.1 Å². The lowest BCUT2D eigenvalue weighted by atomic mass is 10.1. The number of carbonyl (C=O) groups excluding carboxylic acids is 1. The molecule has 1 N–H and O–H groups in total. The van der Waals surface area contributed by atoms with Crippen LogP contribution < -0.4 is 19.7 Å². The van der Waals surface area contributed by atoms with Crippen molar-refractivity contribution < 1.29 is 14.3 Å². The fraction of sp³-hybridized carbons (Fsp3) is 0.370. The number of fused-ring (bicyclic) bond motifs is 1. The molecule has 0 saturated carbocycles. The Bertz CT molecular complexity index is 1210. The molecule has 1 fully saturated rings. The number of aryl methyl sites for hydroxylation is 1. The minimum Gasteiger partial charge on any atom is -0.454 e. The van der Waals surface area contributed by atoms with E-state index in [0.29, 0.717) is 17.9 Å². The van der Waals surface area contributed by atoms with Crippen molar-refractivity contribution in [3.05, 3.63) is 70.9 Å². The third-order valence-electron chi connectivity index (χ3n) is 6.41. The maximum Gasteiger partial charge on any atom is 0.251 e. The van der Waals surface area contributed by atoms with Gasteiger partial charge >= 0.3 is 0 Å². The molecular formula is C27H31N5O3S. The molecule has 0 aliphatic carbocycles. The Morgan fingerprint density at radius 1 is 0.972 bits per heavy atom. The Labute approximate surface area is 216 Å². The van der Waals surface area contributed by atoms with E-state index in [9.17, 15) is 4.79 Å². The molecule has 1 aromatic heterocycles. The molecule has 0 unspecified atom stereocenters. The molecule has 3 aromatic rings. The molecule has 2 aromatic carbocycles. The smallest absolute Gasteiger partial charge is 0.251 e. The number of amides is 1. The van der Waals surface area contributed by atoms with Gasteiger partial charge in [0.25, 0.3) is 5.91 Å². The molecule has 0 atom stereocenters. The number of benzene rings is 2. The summed E-state index contributed by atoms with van der Waals surface area (Å²) >= 11 is 1.63. The normalized spacial score (nSPS) is 15.2. The minimum atomic E-state index is -0.109. The summed E-state index contributed by atoms with van der Waals surface area (Å²) in [6.45, 7) is 6.85. The zero-order chi connectivity index (χ0) is 24.9. The minimum absolute atomic E-state index is 0.109. The highest BCUT2D eigenvalue weighted by atomic mass is 32.2. The predicted molar refractivity (Wildman–Crippen MR) is 141 cm³/mol. The van der Waals surface area contributed by atoms with Gasteiger partial charge in [-0.2, -0.15) is 0 Å². The molecule has 5 rings (SSSR count). The topological polar surface area (TPSA) is 79.8 Å². The molecule has 188 valence electrons. The summed E-state index contributed by atoms with van der Waals surface area (Å²) in [6, 6.07) is 15.5. The van der Waals surface area contributed by atoms with Gasteiger partial charge in [-0.1, -0.05) is 36.9 Å². The molecular weight excluding hydrogens is 474 g/mol. The summed E-state index contributed by atoms with van der Waals surface area (Å²) in [5, 5.41) is 3.77. The number of ether oxygens (including phenoxy) is 2. The fourth-order valence-electron chi connectivity index (χ4n) is 4.14. The highest BCUT2D eigenvalue weighted by Crippen LogP contribution is 2.32. The lowest BCUT2D eigenvalue weighted by molar-refractivity contribution is 0.0951. The first-order chi connectivity index (χ1) is 17.6. The van der Waals surface area contributed by atoms with Crippen molar-refractivity contribution in [3.8, 4) is 11.5 Å². The molecule has 0 spiro atoms. The molecule has 1 saturated heterocycles. The van der Waals surface area contributed by atoms with Crippen LogP contribution in [0.25, 0.3) is 0 Å². The second kappa shape index (κ2) is 11.2. The third kappa shape index (κ3) is 5.91. The fourth-order valence-corrected chi connectivity index (χ4v) is 4.97. The maximum absolute atomic E-state index is 12.6. The quantitative estimate of drug-likeness (QED) is 0.366. The van der Waals surface area contributed by atoms with E-state index in [1.165, 1.54) is 0 Å². The van der Waals surface area contributed by atoms with E-state index in [-0.39, 0.29) is 12.7 Å². The number of anilines is 1. The van der Waals surface area contributed by atoms with Crippen LogP contribution in [0.3, 0.4) is 0 Å². The average molecular weight is 506 g/mol. The van der Waals surface area contributed by atoms with Crippen LogP contribution in [0.5, 0.6) is 11.5 Å². The van der Waals surface area contributed by atoms with Gasteiger partial charge in [0.05, 0.1) is 0 Å². The molecule has 1 amide bonds. The maximum atomic E-state index is 12.6. The van der Waals surface area contributed by atoms with Crippen LogP contribution in [-0.4, -0.2) is 60.8 Å². The number of thioether (sulfide) groups is 1. The first-order valence-corrected chi connectivity index (χ1v) is 13.3. The molecule has 0 radical (unpaired) electrons. The number of rotatable bonds is 8. The van der Waals surface area contributed by atoms with Gasteiger partial charge in [-0.25, -0.2) is 9.97 Å². The average Bonchev–Trinajstić information content (AvgIpc) is 3.39. The number of hydrogen-bond acceptors (Lipinski definition) is 8. The van der Waals surface area contributed by atoms with Crippen LogP contribution in [0.2, 0.25) is 0 Å². The van der Waals surface area contributed by atoms with Crippen LogP contribution >= 0.6 is 11.8 Å². The summed E-state index contributed by atoms with van der Waals surface area (Å²) < 4.78 is 10.7. The Morgan fingerprint density at radius 2 is 1.72 bits per heavy atom. The van der Waals surface area contributed by atoms with E-state index < -0.39 is 0 Å². The molecule has 2 aliphatic rings. The molecule has 0 bridgehead atoms. The SMILES string of the molecule is CCc1cc(N2CCN(C)CC2)nc(SCc2ccc(C(=O)NCc3ccc4c(c3)OCO4)cc2)n1. The number of aromatic nitrogens is 2. The van der Waals surface area contributed by atoms with Gasteiger partial charge in [0.1, 0.15) is 5.82 Å². The van der Waals surface area contributed by atoms with Gasteiger partial charge in [-0.15, -0.1) is 0 Å². The second-order valence-electron chi connectivity index (χ2n) is 9.00. The first-order valence-electron chi connectivity index (χ1n) is 12.3. The van der Waals surface area contributed by atoms with Gasteiger partial charge in [0, 0.05) is 55.8 Å². The van der Waals surface area contributed by atoms with Crippen molar-refractivity contribution >= 4 is 23.5 Å². The molecule has 9 heteroatoms. The van der Waals surface area contributed by atoms with Gasteiger partial charge in [0.15, 0.2) is 16.7 Å². The van der Waals surface area contributed by atoms with E-state index in [2.05, 4.69) is 35.2 Å². The first kappa shape index (κ1) is 24.4. The number of nitrogens with one attached hydrogen (secondary N) is 1. The zero-order valence-corrected chi connectivity index (χ0v) is 21.5. The van der Waals surface area contributed by atoms with Crippen molar-refractivity contribution in [3.63, 3.8) is 0 Å². The summed E-state index contributed by atoms with van der Waals surface area (Å²) in [6.07, 6.45) is 0.882. The monoisotopic (exact) mass is 505 g/mol. The molecule has 8 nitrogen and oxygen atoms in total. The van der Waals surface area contributed by atoms with Crippen molar-refractivity contribution in [2.45, 2.75) is 30.8 Å². The van der Waals surface area contributed by atoms with Gasteiger partial charge in [-0.05, 0) is 48.9 Å². The van der Waals surface area contributed by atoms with E-state index in [1.54, 1.807) is 11.8 Å². The number of nitrogens with zero attached hydrogens (tertiary/aromatic N) is 4. The van der Waals surface area contributed by atoms with E-state index in [1.807, 2.05) is 42.5 Å². The third-order valence-corrected chi connectivity index (χ3v) is 7.33. The Balaban J connectivity index is 1.16. The van der Waals surface area contributed by atoms with Crippen LogP contribution in [0.15, 0.2) is 53.7 Å². The van der Waals surface area contributed by atoms with Gasteiger partial charge in [-0.3, -0.25) is 4.79 Å². The van der Waals surface area contributed by atoms with Crippen LogP contribution in [0, 0.1) is 0 Å². The predicted octanol–water partition coefficient (Wildman–Crippen LogP) is 3.74. The van der Waals surface area contributed by atoms with Gasteiger partial charge < -0.3 is 24.6 Å². The Kier molecular flexibility index (Phi) is 7.58. The van der Waals surface area contributed by atoms with E-state index in [0.717, 1.165) is 71.9 Å². The summed E-state index contributed by atoms with van der Waals surface area (Å²) in [7, 11) is 2.16. The van der Waals surface area contributed by atoms with E-state index in [4.69, 9.17) is 19.4 Å². The number of likely N-dealkylation sites (N-methyl/N-ethyl adjacent to an activating group) is 1. The molecule has 3 heterocycles. The number of carbonyl (C=O) groups is 1. The largest absolute Gasteiger partial charge is 0.454 e.